The van der Waals surface area contributed by atoms with Gasteiger partial charge in [-0.05, 0) is 32.6 Å². The molecular weight excluding hydrogens is 138 g/mol. The Hall–Kier alpha value is -0.0800. The van der Waals surface area contributed by atoms with Gasteiger partial charge < -0.3 is 10.8 Å². The summed E-state index contributed by atoms with van der Waals surface area (Å²) in [6, 6.07) is -0.106. The fraction of sp³-hybridized carbons (Fsp3) is 1.00. The molecule has 1 aliphatic rings. The van der Waals surface area contributed by atoms with Crippen molar-refractivity contribution < 1.29 is 5.11 Å². The first-order chi connectivity index (χ1) is 5.05. The summed E-state index contributed by atoms with van der Waals surface area (Å²) in [5, 5.41) is 9.97. The third-order valence-electron chi connectivity index (χ3n) is 3.10. The average molecular weight is 157 g/mol. The van der Waals surface area contributed by atoms with Crippen LogP contribution in [0.3, 0.4) is 0 Å². The minimum atomic E-state index is -0.642. The third kappa shape index (κ3) is 1.74. The maximum absolute atomic E-state index is 9.97. The highest BCUT2D eigenvalue weighted by atomic mass is 16.3. The van der Waals surface area contributed by atoms with E-state index in [-0.39, 0.29) is 6.04 Å². The molecule has 2 heteroatoms. The maximum atomic E-state index is 9.97. The van der Waals surface area contributed by atoms with E-state index in [1.54, 1.807) is 0 Å². The average Bonchev–Trinajstić information content (AvgIpc) is 2.37. The molecule has 1 fully saturated rings. The van der Waals surface area contributed by atoms with Gasteiger partial charge in [0.15, 0.2) is 0 Å². The molecule has 11 heavy (non-hydrogen) atoms. The lowest BCUT2D eigenvalue weighted by atomic mass is 9.83. The predicted molar refractivity (Wildman–Crippen MR) is 46.2 cm³/mol. The van der Waals surface area contributed by atoms with Gasteiger partial charge in [-0.3, -0.25) is 0 Å². The molecule has 2 nitrogen and oxygen atoms in total. The van der Waals surface area contributed by atoms with Gasteiger partial charge in [-0.2, -0.15) is 0 Å². The van der Waals surface area contributed by atoms with E-state index in [1.807, 2.05) is 13.8 Å². The molecule has 0 aromatic rings. The molecule has 1 saturated carbocycles. The lowest BCUT2D eigenvalue weighted by Gasteiger charge is -2.33. The van der Waals surface area contributed by atoms with E-state index in [1.165, 1.54) is 12.8 Å². The zero-order valence-corrected chi connectivity index (χ0v) is 7.51. The number of hydrogen-bond donors (Lipinski definition) is 2. The van der Waals surface area contributed by atoms with Crippen molar-refractivity contribution in [1.82, 2.24) is 0 Å². The van der Waals surface area contributed by atoms with Gasteiger partial charge in [-0.1, -0.05) is 12.8 Å². The van der Waals surface area contributed by atoms with Crippen LogP contribution in [0.5, 0.6) is 0 Å². The van der Waals surface area contributed by atoms with Crippen LogP contribution in [-0.4, -0.2) is 16.7 Å². The molecule has 0 amide bonds. The van der Waals surface area contributed by atoms with E-state index < -0.39 is 5.60 Å². The van der Waals surface area contributed by atoms with Crippen molar-refractivity contribution in [3.8, 4) is 0 Å². The second kappa shape index (κ2) is 3.11. The molecular formula is C9H19NO. The highest BCUT2D eigenvalue weighted by Gasteiger charge is 2.36. The molecule has 3 N–H and O–H groups in total. The lowest BCUT2D eigenvalue weighted by Crippen LogP contribution is -2.48. The molecule has 2 atom stereocenters. The third-order valence-corrected chi connectivity index (χ3v) is 3.10. The van der Waals surface area contributed by atoms with Crippen LogP contribution in [0.1, 0.15) is 39.5 Å². The van der Waals surface area contributed by atoms with Crippen LogP contribution in [-0.2, 0) is 0 Å². The van der Waals surface area contributed by atoms with Crippen LogP contribution in [0.25, 0.3) is 0 Å². The van der Waals surface area contributed by atoms with Gasteiger partial charge in [0.25, 0.3) is 0 Å². The number of hydrogen-bond acceptors (Lipinski definition) is 2. The Morgan fingerprint density at radius 1 is 1.45 bits per heavy atom. The quantitative estimate of drug-likeness (QED) is 0.634. The number of rotatable bonds is 2. The summed E-state index contributed by atoms with van der Waals surface area (Å²) in [6.07, 6.45) is 4.81. The first-order valence-corrected chi connectivity index (χ1v) is 4.53. The summed E-state index contributed by atoms with van der Waals surface area (Å²) < 4.78 is 0. The summed E-state index contributed by atoms with van der Waals surface area (Å²) in [6.45, 7) is 3.76. The second-order valence-electron chi connectivity index (χ2n) is 4.00. The zero-order valence-electron chi connectivity index (χ0n) is 7.51. The van der Waals surface area contributed by atoms with Crippen LogP contribution in [0.15, 0.2) is 0 Å². The Kier molecular flexibility index (Phi) is 2.55. The van der Waals surface area contributed by atoms with Gasteiger partial charge in [-0.25, -0.2) is 0 Å². The molecule has 1 aliphatic carbocycles. The Morgan fingerprint density at radius 3 is 2.27 bits per heavy atom. The molecule has 0 aromatic heterocycles. The largest absolute Gasteiger partial charge is 0.388 e. The standard InChI is InChI=1S/C9H19NO/c1-7(10)9(2,11)8-5-3-4-6-8/h7-8,11H,3-6,10H2,1-2H3. The molecule has 66 valence electrons. The molecule has 0 aliphatic heterocycles. The fourth-order valence-electron chi connectivity index (χ4n) is 1.88. The molecule has 0 aromatic carbocycles. The van der Waals surface area contributed by atoms with Gasteiger partial charge >= 0.3 is 0 Å². The summed E-state index contributed by atoms with van der Waals surface area (Å²) in [7, 11) is 0. The fourth-order valence-corrected chi connectivity index (χ4v) is 1.88. The monoisotopic (exact) mass is 157 g/mol. The van der Waals surface area contributed by atoms with Crippen LogP contribution >= 0.6 is 0 Å². The maximum Gasteiger partial charge on any atom is 0.0795 e. The predicted octanol–water partition coefficient (Wildman–Crippen LogP) is 1.27. The number of aliphatic hydroxyl groups is 1. The smallest absolute Gasteiger partial charge is 0.0795 e. The molecule has 0 spiro atoms. The topological polar surface area (TPSA) is 46.2 Å². The van der Waals surface area contributed by atoms with E-state index in [9.17, 15) is 5.11 Å². The van der Waals surface area contributed by atoms with E-state index in [0.29, 0.717) is 5.92 Å². The van der Waals surface area contributed by atoms with Crippen LogP contribution in [0.2, 0.25) is 0 Å². The SMILES string of the molecule is CC(N)C(C)(O)C1CCCC1. The van der Waals surface area contributed by atoms with E-state index in [2.05, 4.69) is 0 Å². The van der Waals surface area contributed by atoms with Crippen molar-refractivity contribution in [2.24, 2.45) is 11.7 Å². The highest BCUT2D eigenvalue weighted by molar-refractivity contribution is 4.91. The first-order valence-electron chi connectivity index (χ1n) is 4.53. The Morgan fingerprint density at radius 2 is 1.91 bits per heavy atom. The lowest BCUT2D eigenvalue weighted by molar-refractivity contribution is -0.0170. The van der Waals surface area contributed by atoms with Crippen LogP contribution in [0, 0.1) is 5.92 Å². The Balaban J connectivity index is 2.55. The van der Waals surface area contributed by atoms with Crippen molar-refractivity contribution in [2.75, 3.05) is 0 Å². The van der Waals surface area contributed by atoms with Gasteiger partial charge in [0.05, 0.1) is 5.60 Å². The van der Waals surface area contributed by atoms with Crippen LogP contribution in [0.4, 0.5) is 0 Å². The van der Waals surface area contributed by atoms with Crippen molar-refractivity contribution in [3.05, 3.63) is 0 Å². The molecule has 0 saturated heterocycles. The molecule has 0 heterocycles. The van der Waals surface area contributed by atoms with E-state index in [4.69, 9.17) is 5.73 Å². The zero-order chi connectivity index (χ0) is 8.48. The minimum Gasteiger partial charge on any atom is -0.388 e. The molecule has 1 rings (SSSR count). The molecule has 0 bridgehead atoms. The molecule has 0 radical (unpaired) electrons. The minimum absolute atomic E-state index is 0.106. The Bertz CT molecular complexity index is 126. The van der Waals surface area contributed by atoms with Gasteiger partial charge in [0.1, 0.15) is 0 Å². The normalized spacial score (nSPS) is 28.4. The second-order valence-corrected chi connectivity index (χ2v) is 4.00. The first kappa shape index (κ1) is 9.01. The van der Waals surface area contributed by atoms with Gasteiger partial charge in [0, 0.05) is 6.04 Å². The van der Waals surface area contributed by atoms with Gasteiger partial charge in [-0.15, -0.1) is 0 Å². The molecule has 2 unspecified atom stereocenters. The highest BCUT2D eigenvalue weighted by Crippen LogP contribution is 2.35. The van der Waals surface area contributed by atoms with E-state index >= 15 is 0 Å². The van der Waals surface area contributed by atoms with Crippen LogP contribution < -0.4 is 5.73 Å². The van der Waals surface area contributed by atoms with Crippen molar-refractivity contribution >= 4 is 0 Å². The Labute approximate surface area is 68.8 Å². The summed E-state index contributed by atoms with van der Waals surface area (Å²) in [5.41, 5.74) is 5.06. The summed E-state index contributed by atoms with van der Waals surface area (Å²) >= 11 is 0. The van der Waals surface area contributed by atoms with Crippen molar-refractivity contribution in [2.45, 2.75) is 51.2 Å². The summed E-state index contributed by atoms with van der Waals surface area (Å²) in [5.74, 6) is 0.433. The van der Waals surface area contributed by atoms with Crippen molar-refractivity contribution in [3.63, 3.8) is 0 Å². The van der Waals surface area contributed by atoms with Crippen molar-refractivity contribution in [1.29, 1.82) is 0 Å². The van der Waals surface area contributed by atoms with Gasteiger partial charge in [0.2, 0.25) is 0 Å². The van der Waals surface area contributed by atoms with E-state index in [0.717, 1.165) is 12.8 Å². The number of nitrogens with two attached hydrogens (primary N) is 1. The summed E-state index contributed by atoms with van der Waals surface area (Å²) in [4.78, 5) is 0.